The Morgan fingerprint density at radius 2 is 1.91 bits per heavy atom. The summed E-state index contributed by atoms with van der Waals surface area (Å²) in [4.78, 5) is 25.1. The second kappa shape index (κ2) is 8.66. The van der Waals surface area contributed by atoms with Crippen molar-refractivity contribution >= 4 is 5.91 Å². The molecule has 1 aromatic heterocycles. The van der Waals surface area contributed by atoms with E-state index in [0.29, 0.717) is 35.7 Å². The quantitative estimate of drug-likeness (QED) is 0.643. The van der Waals surface area contributed by atoms with Crippen LogP contribution in [0.15, 0.2) is 35.4 Å². The van der Waals surface area contributed by atoms with Crippen molar-refractivity contribution in [2.45, 2.75) is 25.8 Å². The summed E-state index contributed by atoms with van der Waals surface area (Å²) in [5.74, 6) is 1.30. The van der Waals surface area contributed by atoms with Crippen molar-refractivity contribution in [2.24, 2.45) is 0 Å². The van der Waals surface area contributed by atoms with Gasteiger partial charge in [0, 0.05) is 12.5 Å². The standard InChI is InChI=1S/C22H23N5O5/c1-12(28)24-16-7-5-13-9-19(30-2)21(31-3)22(32-4)20(13)14-6-8-17(18(29)10-15(14)16)27-11-23-25-26-27/h6,8-11,16H,5,7H2,1-4H3,(H,24,28)/t16-/m0/s1. The van der Waals surface area contributed by atoms with Gasteiger partial charge in [-0.15, -0.1) is 5.10 Å². The third-order valence-corrected chi connectivity index (χ3v) is 5.49. The Morgan fingerprint density at radius 1 is 1.12 bits per heavy atom. The first-order valence-corrected chi connectivity index (χ1v) is 9.99. The number of nitrogens with one attached hydrogen (secondary N) is 1. The van der Waals surface area contributed by atoms with Gasteiger partial charge in [0.25, 0.3) is 0 Å². The monoisotopic (exact) mass is 437 g/mol. The lowest BCUT2D eigenvalue weighted by Crippen LogP contribution is -2.26. The Bertz CT molecular complexity index is 1230. The lowest BCUT2D eigenvalue weighted by molar-refractivity contribution is -0.119. The molecule has 0 fully saturated rings. The minimum absolute atomic E-state index is 0.186. The van der Waals surface area contributed by atoms with E-state index in [1.807, 2.05) is 12.1 Å². The summed E-state index contributed by atoms with van der Waals surface area (Å²) < 4.78 is 18.2. The van der Waals surface area contributed by atoms with Crippen LogP contribution in [-0.4, -0.2) is 47.4 Å². The number of ether oxygens (including phenoxy) is 3. The molecule has 10 nitrogen and oxygen atoms in total. The molecular formula is C22H23N5O5. The highest BCUT2D eigenvalue weighted by atomic mass is 16.5. The van der Waals surface area contributed by atoms with Crippen LogP contribution in [0.25, 0.3) is 16.8 Å². The first kappa shape index (κ1) is 21.3. The molecule has 1 aliphatic rings. The Balaban J connectivity index is 2.07. The number of amides is 1. The van der Waals surface area contributed by atoms with Crippen LogP contribution in [-0.2, 0) is 11.2 Å². The molecule has 0 saturated heterocycles. The molecule has 0 aliphatic heterocycles. The Labute approximate surface area is 184 Å². The zero-order valence-corrected chi connectivity index (χ0v) is 18.2. The van der Waals surface area contributed by atoms with Crippen LogP contribution in [0.1, 0.15) is 30.5 Å². The molecule has 0 saturated carbocycles. The first-order valence-electron chi connectivity index (χ1n) is 9.99. The van der Waals surface area contributed by atoms with Crippen LogP contribution in [0.3, 0.4) is 0 Å². The topological polar surface area (TPSA) is 117 Å². The van der Waals surface area contributed by atoms with Gasteiger partial charge < -0.3 is 19.5 Å². The molecule has 4 rings (SSSR count). The molecule has 0 radical (unpaired) electrons. The van der Waals surface area contributed by atoms with Gasteiger partial charge in [0.15, 0.2) is 11.5 Å². The van der Waals surface area contributed by atoms with E-state index in [1.54, 1.807) is 27.4 Å². The Hall–Kier alpha value is -3.95. The average Bonchev–Trinajstić information content (AvgIpc) is 3.20. The van der Waals surface area contributed by atoms with E-state index in [-0.39, 0.29) is 23.1 Å². The molecule has 1 atom stereocenters. The number of carbonyl (C=O) groups is 1. The van der Waals surface area contributed by atoms with Crippen molar-refractivity contribution in [3.8, 4) is 34.1 Å². The third kappa shape index (κ3) is 3.64. The molecule has 10 heteroatoms. The number of aryl methyl sites for hydroxylation is 1. The molecule has 1 aliphatic carbocycles. The van der Waals surface area contributed by atoms with Gasteiger partial charge in [-0.25, -0.2) is 0 Å². The van der Waals surface area contributed by atoms with E-state index in [2.05, 4.69) is 20.8 Å². The van der Waals surface area contributed by atoms with Crippen LogP contribution < -0.4 is 25.0 Å². The fraction of sp³-hybridized carbons (Fsp3) is 0.318. The predicted molar refractivity (Wildman–Crippen MR) is 115 cm³/mol. The molecule has 0 unspecified atom stereocenters. The van der Waals surface area contributed by atoms with Crippen LogP contribution in [0.4, 0.5) is 0 Å². The molecule has 1 heterocycles. The van der Waals surface area contributed by atoms with Crippen molar-refractivity contribution in [1.82, 2.24) is 25.5 Å². The van der Waals surface area contributed by atoms with Crippen LogP contribution in [0, 0.1) is 0 Å². The lowest BCUT2D eigenvalue weighted by Gasteiger charge is -2.19. The largest absolute Gasteiger partial charge is 0.493 e. The number of hydrogen-bond acceptors (Lipinski definition) is 8. The zero-order chi connectivity index (χ0) is 22.8. The number of aromatic nitrogens is 4. The second-order valence-electron chi connectivity index (χ2n) is 7.32. The molecule has 2 aromatic carbocycles. The van der Waals surface area contributed by atoms with Crippen molar-refractivity contribution < 1.29 is 19.0 Å². The number of methoxy groups -OCH3 is 3. The van der Waals surface area contributed by atoms with E-state index in [9.17, 15) is 9.59 Å². The minimum atomic E-state index is -0.376. The molecule has 3 aromatic rings. The number of rotatable bonds is 5. The van der Waals surface area contributed by atoms with Gasteiger partial charge in [0.2, 0.25) is 17.1 Å². The van der Waals surface area contributed by atoms with Gasteiger partial charge in [0.05, 0.1) is 27.4 Å². The predicted octanol–water partition coefficient (Wildman–Crippen LogP) is 1.84. The maximum Gasteiger partial charge on any atom is 0.217 e. The fourth-order valence-corrected chi connectivity index (χ4v) is 4.16. The molecular weight excluding hydrogens is 414 g/mol. The summed E-state index contributed by atoms with van der Waals surface area (Å²) in [5, 5.41) is 14.1. The molecule has 1 amide bonds. The highest BCUT2D eigenvalue weighted by Crippen LogP contribution is 2.50. The van der Waals surface area contributed by atoms with Crippen LogP contribution in [0.5, 0.6) is 17.2 Å². The smallest absolute Gasteiger partial charge is 0.217 e. The summed E-state index contributed by atoms with van der Waals surface area (Å²) >= 11 is 0. The van der Waals surface area contributed by atoms with Crippen LogP contribution in [0.2, 0.25) is 0 Å². The van der Waals surface area contributed by atoms with E-state index in [4.69, 9.17) is 14.2 Å². The summed E-state index contributed by atoms with van der Waals surface area (Å²) in [7, 11) is 4.67. The molecule has 32 heavy (non-hydrogen) atoms. The highest BCUT2D eigenvalue weighted by Gasteiger charge is 2.29. The third-order valence-electron chi connectivity index (χ3n) is 5.49. The maximum atomic E-state index is 13.1. The van der Waals surface area contributed by atoms with E-state index >= 15 is 0 Å². The number of nitrogens with zero attached hydrogens (tertiary/aromatic N) is 4. The normalized spacial score (nSPS) is 14.6. The number of benzene rings is 1. The van der Waals surface area contributed by atoms with E-state index in [0.717, 1.165) is 16.7 Å². The highest BCUT2D eigenvalue weighted by molar-refractivity contribution is 5.83. The number of carbonyl (C=O) groups excluding carboxylic acids is 1. The SMILES string of the molecule is COc1cc2c(c(OC)c1OC)-c1ccc(-n3cnnn3)c(=O)cc1[C@@H](NC(C)=O)CC2. The van der Waals surface area contributed by atoms with Gasteiger partial charge in [-0.1, -0.05) is 6.07 Å². The van der Waals surface area contributed by atoms with Gasteiger partial charge >= 0.3 is 0 Å². The minimum Gasteiger partial charge on any atom is -0.493 e. The molecule has 0 spiro atoms. The van der Waals surface area contributed by atoms with Crippen molar-refractivity contribution in [1.29, 1.82) is 0 Å². The first-order chi connectivity index (χ1) is 15.5. The summed E-state index contributed by atoms with van der Waals surface area (Å²) in [6.07, 6.45) is 2.57. The summed E-state index contributed by atoms with van der Waals surface area (Å²) in [5.41, 5.74) is 3.16. The van der Waals surface area contributed by atoms with Gasteiger partial charge in [-0.05, 0) is 58.2 Å². The maximum absolute atomic E-state index is 13.1. The Kier molecular flexibility index (Phi) is 5.76. The van der Waals surface area contributed by atoms with Gasteiger partial charge in [-0.3, -0.25) is 9.59 Å². The van der Waals surface area contributed by atoms with Crippen molar-refractivity contribution in [3.05, 3.63) is 51.9 Å². The van der Waals surface area contributed by atoms with Gasteiger partial charge in [-0.2, -0.15) is 4.68 Å². The van der Waals surface area contributed by atoms with E-state index < -0.39 is 0 Å². The fourth-order valence-electron chi connectivity index (χ4n) is 4.16. The van der Waals surface area contributed by atoms with Gasteiger partial charge in [0.1, 0.15) is 12.0 Å². The van der Waals surface area contributed by atoms with Crippen molar-refractivity contribution in [2.75, 3.05) is 21.3 Å². The van der Waals surface area contributed by atoms with Crippen molar-refractivity contribution in [3.63, 3.8) is 0 Å². The lowest BCUT2D eigenvalue weighted by atomic mass is 9.95. The summed E-state index contributed by atoms with van der Waals surface area (Å²) in [6, 6.07) is 6.54. The number of hydrogen-bond donors (Lipinski definition) is 1. The zero-order valence-electron chi connectivity index (χ0n) is 18.2. The second-order valence-corrected chi connectivity index (χ2v) is 7.32. The van der Waals surface area contributed by atoms with Crippen LogP contribution >= 0.6 is 0 Å². The molecule has 166 valence electrons. The average molecular weight is 437 g/mol. The van der Waals surface area contributed by atoms with E-state index in [1.165, 1.54) is 24.0 Å². The number of fused-ring (bicyclic) bond motifs is 3. The Morgan fingerprint density at radius 3 is 2.53 bits per heavy atom. The number of tetrazole rings is 1. The molecule has 0 bridgehead atoms. The summed E-state index contributed by atoms with van der Waals surface area (Å²) in [6.45, 7) is 1.46. The molecule has 1 N–H and O–H groups in total.